The Kier molecular flexibility index (Phi) is 17.8. The molecule has 1 aromatic rings. The fourth-order valence-corrected chi connectivity index (χ4v) is 3.89. The highest BCUT2D eigenvalue weighted by Crippen LogP contribution is 2.21. The normalized spacial score (nSPS) is 13.1. The van der Waals surface area contributed by atoms with Gasteiger partial charge in [-0.3, -0.25) is 4.79 Å². The monoisotopic (exact) mass is 496 g/mol. The van der Waals surface area contributed by atoms with E-state index in [-0.39, 0.29) is 16.6 Å². The molecule has 0 aromatic heterocycles. The number of carbonyl (C=O) groups excluding carboxylic acids is 1. The van der Waals surface area contributed by atoms with Crippen LogP contribution in [0.3, 0.4) is 0 Å². The molecule has 1 unspecified atom stereocenters. The highest BCUT2D eigenvalue weighted by atomic mass is 32.2. The van der Waals surface area contributed by atoms with Gasteiger partial charge in [0, 0.05) is 0 Å². The Morgan fingerprint density at radius 2 is 1.40 bits per heavy atom. The van der Waals surface area contributed by atoms with E-state index >= 15 is 0 Å². The second-order valence-electron chi connectivity index (χ2n) is 7.94. The number of para-hydroxylation sites is 1. The molecular formula is C30H40O4S. The van der Waals surface area contributed by atoms with Crippen LogP contribution in [0, 0.1) is 0 Å². The van der Waals surface area contributed by atoms with Gasteiger partial charge in [0.2, 0.25) is 0 Å². The molecule has 5 heteroatoms. The molecule has 0 aliphatic carbocycles. The number of carbonyl (C=O) groups is 2. The van der Waals surface area contributed by atoms with E-state index in [4.69, 9.17) is 4.74 Å². The Hall–Kier alpha value is -2.79. The Balaban J connectivity index is 2.07. The second kappa shape index (κ2) is 20.6. The molecule has 0 spiro atoms. The minimum Gasteiger partial charge on any atom is -0.478 e. The second-order valence-corrected chi connectivity index (χ2v) is 9.39. The summed E-state index contributed by atoms with van der Waals surface area (Å²) in [5.74, 6) is -0.567. The van der Waals surface area contributed by atoms with Crippen LogP contribution < -0.4 is 4.74 Å². The molecule has 1 atom stereocenters. The van der Waals surface area contributed by atoms with Crippen molar-refractivity contribution >= 4 is 23.7 Å². The zero-order valence-corrected chi connectivity index (χ0v) is 21.9. The highest BCUT2D eigenvalue weighted by Gasteiger charge is 2.19. The largest absolute Gasteiger partial charge is 0.478 e. The van der Waals surface area contributed by atoms with Crippen molar-refractivity contribution in [3.05, 3.63) is 90.6 Å². The smallest absolute Gasteiger partial charge is 0.339 e. The van der Waals surface area contributed by atoms with Crippen LogP contribution in [-0.4, -0.2) is 28.0 Å². The minimum atomic E-state index is -1.11. The summed E-state index contributed by atoms with van der Waals surface area (Å²) in [6.45, 7) is 3.94. The van der Waals surface area contributed by atoms with Crippen molar-refractivity contribution in [2.75, 3.05) is 5.75 Å². The quantitative estimate of drug-likeness (QED) is 0.0957. The first-order valence-corrected chi connectivity index (χ1v) is 13.5. The molecule has 1 aromatic carbocycles. The van der Waals surface area contributed by atoms with Gasteiger partial charge in [-0.1, -0.05) is 79.8 Å². The van der Waals surface area contributed by atoms with Gasteiger partial charge in [-0.05, 0) is 76.2 Å². The van der Waals surface area contributed by atoms with E-state index in [1.165, 1.54) is 23.9 Å². The third-order valence-corrected chi connectivity index (χ3v) is 6.17. The van der Waals surface area contributed by atoms with E-state index in [0.29, 0.717) is 0 Å². The Morgan fingerprint density at radius 1 is 0.857 bits per heavy atom. The summed E-state index contributed by atoms with van der Waals surface area (Å²) >= 11 is 1.54. The summed E-state index contributed by atoms with van der Waals surface area (Å²) in [5, 5.41) is 8.84. The molecule has 35 heavy (non-hydrogen) atoms. The predicted molar refractivity (Wildman–Crippen MR) is 149 cm³/mol. The van der Waals surface area contributed by atoms with Crippen molar-refractivity contribution in [1.82, 2.24) is 0 Å². The molecular weight excluding hydrogens is 456 g/mol. The number of carboxylic acids is 1. The van der Waals surface area contributed by atoms with Crippen molar-refractivity contribution in [3.8, 4) is 5.75 Å². The average Bonchev–Trinajstić information content (AvgIpc) is 2.85. The number of esters is 1. The molecule has 0 amide bonds. The van der Waals surface area contributed by atoms with Gasteiger partial charge in [0.1, 0.15) is 16.6 Å². The fourth-order valence-electron chi connectivity index (χ4n) is 2.98. The van der Waals surface area contributed by atoms with Crippen LogP contribution in [0.2, 0.25) is 0 Å². The first-order chi connectivity index (χ1) is 17.1. The minimum absolute atomic E-state index is 0.00453. The van der Waals surface area contributed by atoms with Crippen LogP contribution in [0.15, 0.2) is 85.0 Å². The number of benzene rings is 1. The number of hydrogen-bond donors (Lipinski definition) is 1. The van der Waals surface area contributed by atoms with Crippen LogP contribution in [0.4, 0.5) is 0 Å². The average molecular weight is 497 g/mol. The summed E-state index contributed by atoms with van der Waals surface area (Å²) in [5.41, 5.74) is -0.00453. The molecule has 0 aliphatic heterocycles. The van der Waals surface area contributed by atoms with E-state index in [9.17, 15) is 14.7 Å². The van der Waals surface area contributed by atoms with E-state index in [1.54, 1.807) is 19.1 Å². The Bertz CT molecular complexity index is 880. The lowest BCUT2D eigenvalue weighted by Crippen LogP contribution is -2.21. The van der Waals surface area contributed by atoms with Crippen molar-refractivity contribution < 1.29 is 19.4 Å². The maximum Gasteiger partial charge on any atom is 0.339 e. The third kappa shape index (κ3) is 15.7. The number of carboxylic acid groups (broad SMARTS) is 1. The fraction of sp³-hybridized carbons (Fsp3) is 0.400. The van der Waals surface area contributed by atoms with Crippen LogP contribution in [-0.2, 0) is 4.79 Å². The summed E-state index contributed by atoms with van der Waals surface area (Å²) < 4.78 is 5.29. The molecule has 1 rings (SSSR count). The standard InChI is InChI=1S/C30H40O4S/c1-3-4-5-6-7-8-9-10-11-12-13-14-15-16-17-18-19-22-25-35-26(2)30(33)34-28-24-21-20-23-27(28)29(31)32/h4-5,7-8,10-11,13-14,16-17,20-21,23-24,26H,3,6,9,12,15,18-19,22,25H2,1-2H3,(H,31,32). The van der Waals surface area contributed by atoms with Gasteiger partial charge in [0.25, 0.3) is 0 Å². The SMILES string of the molecule is CCC=CCC=CCC=CCC=CCC=CCCCCSC(C)C(=O)Oc1ccccc1C(=O)O. The number of rotatable bonds is 18. The summed E-state index contributed by atoms with van der Waals surface area (Å²) in [6.07, 6.45) is 30.1. The number of hydrogen-bond acceptors (Lipinski definition) is 4. The summed E-state index contributed by atoms with van der Waals surface area (Å²) in [7, 11) is 0. The van der Waals surface area contributed by atoms with Crippen molar-refractivity contribution in [1.29, 1.82) is 0 Å². The number of aromatic carboxylic acids is 1. The van der Waals surface area contributed by atoms with Crippen LogP contribution in [0.1, 0.15) is 75.6 Å². The molecule has 1 N–H and O–H groups in total. The van der Waals surface area contributed by atoms with Gasteiger partial charge in [0.15, 0.2) is 0 Å². The third-order valence-electron chi connectivity index (χ3n) is 4.95. The number of allylic oxidation sites excluding steroid dienone is 10. The molecule has 190 valence electrons. The zero-order chi connectivity index (χ0) is 25.6. The van der Waals surface area contributed by atoms with Crippen molar-refractivity contribution in [2.24, 2.45) is 0 Å². The first kappa shape index (κ1) is 30.2. The van der Waals surface area contributed by atoms with Gasteiger partial charge < -0.3 is 9.84 Å². The predicted octanol–water partition coefficient (Wildman–Crippen LogP) is 8.33. The highest BCUT2D eigenvalue weighted by molar-refractivity contribution is 8.00. The molecule has 0 saturated heterocycles. The van der Waals surface area contributed by atoms with E-state index in [2.05, 4.69) is 67.7 Å². The van der Waals surface area contributed by atoms with Gasteiger partial charge in [0.05, 0.1) is 0 Å². The lowest BCUT2D eigenvalue weighted by Gasteiger charge is -2.12. The molecule has 0 bridgehead atoms. The van der Waals surface area contributed by atoms with Gasteiger partial charge in [-0.2, -0.15) is 0 Å². The summed E-state index contributed by atoms with van der Waals surface area (Å²) in [4.78, 5) is 23.5. The Morgan fingerprint density at radius 3 is 1.97 bits per heavy atom. The van der Waals surface area contributed by atoms with Crippen molar-refractivity contribution in [3.63, 3.8) is 0 Å². The number of thioether (sulfide) groups is 1. The van der Waals surface area contributed by atoms with Gasteiger partial charge in [-0.15, -0.1) is 11.8 Å². The first-order valence-electron chi connectivity index (χ1n) is 12.5. The summed E-state index contributed by atoms with van der Waals surface area (Å²) in [6, 6.07) is 6.19. The zero-order valence-electron chi connectivity index (χ0n) is 21.1. The van der Waals surface area contributed by atoms with E-state index < -0.39 is 11.9 Å². The molecule has 0 radical (unpaired) electrons. The van der Waals surface area contributed by atoms with E-state index in [1.807, 2.05) is 0 Å². The number of ether oxygens (including phenoxy) is 1. The molecule has 4 nitrogen and oxygen atoms in total. The van der Waals surface area contributed by atoms with Gasteiger partial charge >= 0.3 is 11.9 Å². The molecule has 0 heterocycles. The molecule has 0 saturated carbocycles. The van der Waals surface area contributed by atoms with Crippen LogP contribution in [0.25, 0.3) is 0 Å². The Labute approximate surface area is 215 Å². The number of unbranched alkanes of at least 4 members (excludes halogenated alkanes) is 2. The van der Waals surface area contributed by atoms with E-state index in [0.717, 1.165) is 57.1 Å². The maximum absolute atomic E-state index is 12.2. The van der Waals surface area contributed by atoms with Crippen molar-refractivity contribution in [2.45, 2.75) is 70.5 Å². The van der Waals surface area contributed by atoms with Gasteiger partial charge in [-0.25, -0.2) is 4.79 Å². The molecule has 0 fully saturated rings. The lowest BCUT2D eigenvalue weighted by atomic mass is 10.2. The maximum atomic E-state index is 12.2. The van der Waals surface area contributed by atoms with Crippen LogP contribution >= 0.6 is 11.8 Å². The topological polar surface area (TPSA) is 63.6 Å². The van der Waals surface area contributed by atoms with Crippen LogP contribution in [0.5, 0.6) is 5.75 Å². The lowest BCUT2D eigenvalue weighted by molar-refractivity contribution is -0.133. The molecule has 0 aliphatic rings.